The number of carbonyl (C=O) groups is 2. The van der Waals surface area contributed by atoms with Crippen LogP contribution < -0.4 is 0 Å². The van der Waals surface area contributed by atoms with Gasteiger partial charge in [-0.25, -0.2) is 0 Å². The minimum Gasteiger partial charge on any atom is -0.343 e. The Hall–Kier alpha value is -1.06. The predicted octanol–water partition coefficient (Wildman–Crippen LogP) is 2.28. The number of nitrogens with zero attached hydrogens (tertiary/aromatic N) is 2. The molecule has 2 amide bonds. The summed E-state index contributed by atoms with van der Waals surface area (Å²) in [5.74, 6) is 0.456. The van der Waals surface area contributed by atoms with Crippen LogP contribution in [-0.4, -0.2) is 47.8 Å². The highest BCUT2D eigenvalue weighted by atomic mass is 16.2. The van der Waals surface area contributed by atoms with Crippen LogP contribution in [-0.2, 0) is 9.59 Å². The molecule has 2 saturated heterocycles. The first-order valence-corrected chi connectivity index (χ1v) is 6.62. The molecule has 2 fully saturated rings. The zero-order valence-corrected chi connectivity index (χ0v) is 11.1. The molecule has 0 aromatic rings. The molecule has 0 aromatic carbocycles. The van der Waals surface area contributed by atoms with Gasteiger partial charge in [-0.05, 0) is 32.1 Å². The summed E-state index contributed by atoms with van der Waals surface area (Å²) in [4.78, 5) is 25.1. The SMILES string of the molecule is C.CC(=O)N1CCCC1.CC(=O)N1CCCCC1. The molecule has 2 heterocycles. The molecule has 0 bridgehead atoms. The van der Waals surface area contributed by atoms with Crippen molar-refractivity contribution in [3.8, 4) is 0 Å². The second kappa shape index (κ2) is 8.95. The number of carbonyl (C=O) groups excluding carboxylic acids is 2. The maximum Gasteiger partial charge on any atom is 0.219 e. The Balaban J connectivity index is 0.000000306. The molecule has 0 unspecified atom stereocenters. The van der Waals surface area contributed by atoms with Gasteiger partial charge >= 0.3 is 0 Å². The van der Waals surface area contributed by atoms with Crippen molar-refractivity contribution in [2.45, 2.75) is 53.4 Å². The largest absolute Gasteiger partial charge is 0.343 e. The van der Waals surface area contributed by atoms with Crippen LogP contribution in [0.25, 0.3) is 0 Å². The highest BCUT2D eigenvalue weighted by Gasteiger charge is 2.12. The van der Waals surface area contributed by atoms with Crippen molar-refractivity contribution in [2.75, 3.05) is 26.2 Å². The Morgan fingerprint density at radius 2 is 0.944 bits per heavy atom. The van der Waals surface area contributed by atoms with Crippen LogP contribution in [0.4, 0.5) is 0 Å². The molecule has 0 aromatic heterocycles. The Labute approximate surface area is 111 Å². The predicted molar refractivity (Wildman–Crippen MR) is 74.3 cm³/mol. The molecule has 0 saturated carbocycles. The van der Waals surface area contributed by atoms with Crippen molar-refractivity contribution < 1.29 is 9.59 Å². The molecular weight excluding hydrogens is 228 g/mol. The van der Waals surface area contributed by atoms with Gasteiger partial charge in [-0.2, -0.15) is 0 Å². The van der Waals surface area contributed by atoms with Gasteiger partial charge in [0.15, 0.2) is 0 Å². The van der Waals surface area contributed by atoms with Crippen molar-refractivity contribution in [1.29, 1.82) is 0 Å². The minimum atomic E-state index is 0. The first kappa shape index (κ1) is 16.9. The van der Waals surface area contributed by atoms with E-state index in [0.29, 0.717) is 0 Å². The first-order chi connectivity index (χ1) is 8.11. The van der Waals surface area contributed by atoms with Gasteiger partial charge in [0.05, 0.1) is 0 Å². The maximum atomic E-state index is 10.7. The van der Waals surface area contributed by atoms with Crippen LogP contribution >= 0.6 is 0 Å². The summed E-state index contributed by atoms with van der Waals surface area (Å²) in [6, 6.07) is 0. The van der Waals surface area contributed by atoms with Crippen LogP contribution in [0.3, 0.4) is 0 Å². The van der Waals surface area contributed by atoms with Crippen molar-refractivity contribution in [3.05, 3.63) is 0 Å². The Morgan fingerprint density at radius 1 is 0.667 bits per heavy atom. The number of rotatable bonds is 0. The fraction of sp³-hybridized carbons (Fsp3) is 0.857. The second-order valence-corrected chi connectivity index (χ2v) is 4.78. The number of piperidine rings is 1. The molecule has 18 heavy (non-hydrogen) atoms. The third kappa shape index (κ3) is 6.03. The lowest BCUT2D eigenvalue weighted by Gasteiger charge is -2.24. The van der Waals surface area contributed by atoms with Crippen molar-refractivity contribution in [1.82, 2.24) is 9.80 Å². The van der Waals surface area contributed by atoms with Gasteiger partial charge in [0, 0.05) is 40.0 Å². The topological polar surface area (TPSA) is 40.6 Å². The molecule has 0 spiro atoms. The van der Waals surface area contributed by atoms with Gasteiger partial charge in [0.1, 0.15) is 0 Å². The van der Waals surface area contributed by atoms with Gasteiger partial charge in [-0.3, -0.25) is 9.59 Å². The fourth-order valence-electron chi connectivity index (χ4n) is 2.24. The lowest BCUT2D eigenvalue weighted by Crippen LogP contribution is -2.33. The van der Waals surface area contributed by atoms with Gasteiger partial charge in [0.25, 0.3) is 0 Å². The number of amides is 2. The van der Waals surface area contributed by atoms with E-state index in [2.05, 4.69) is 0 Å². The van der Waals surface area contributed by atoms with Crippen LogP contribution in [0.2, 0.25) is 0 Å². The minimum absolute atomic E-state index is 0. The normalized spacial score (nSPS) is 18.6. The zero-order valence-electron chi connectivity index (χ0n) is 11.1. The van der Waals surface area contributed by atoms with Crippen molar-refractivity contribution in [3.63, 3.8) is 0 Å². The molecule has 4 heteroatoms. The van der Waals surface area contributed by atoms with Gasteiger partial charge in [0.2, 0.25) is 11.8 Å². The van der Waals surface area contributed by atoms with E-state index in [-0.39, 0.29) is 19.2 Å². The summed E-state index contributed by atoms with van der Waals surface area (Å²) in [6.45, 7) is 7.20. The third-order valence-corrected chi connectivity index (χ3v) is 3.35. The van der Waals surface area contributed by atoms with E-state index in [9.17, 15) is 9.59 Å². The van der Waals surface area contributed by atoms with E-state index in [4.69, 9.17) is 0 Å². The monoisotopic (exact) mass is 256 g/mol. The molecule has 2 aliphatic rings. The summed E-state index contributed by atoms with van der Waals surface area (Å²) in [5, 5.41) is 0. The summed E-state index contributed by atoms with van der Waals surface area (Å²) < 4.78 is 0. The van der Waals surface area contributed by atoms with E-state index < -0.39 is 0 Å². The van der Waals surface area contributed by atoms with Gasteiger partial charge in [-0.1, -0.05) is 7.43 Å². The van der Waals surface area contributed by atoms with Crippen molar-refractivity contribution in [2.24, 2.45) is 0 Å². The van der Waals surface area contributed by atoms with E-state index in [1.165, 1.54) is 32.1 Å². The molecule has 0 radical (unpaired) electrons. The fourth-order valence-corrected chi connectivity index (χ4v) is 2.24. The highest BCUT2D eigenvalue weighted by Crippen LogP contribution is 2.07. The highest BCUT2D eigenvalue weighted by molar-refractivity contribution is 5.73. The molecular formula is C14H28N2O2. The first-order valence-electron chi connectivity index (χ1n) is 6.62. The molecule has 0 N–H and O–H groups in total. The molecule has 4 nitrogen and oxygen atoms in total. The molecule has 2 rings (SSSR count). The van der Waals surface area contributed by atoms with Gasteiger partial charge in [-0.15, -0.1) is 0 Å². The molecule has 0 aliphatic carbocycles. The van der Waals surface area contributed by atoms with Crippen LogP contribution in [0, 0.1) is 0 Å². The Morgan fingerprint density at radius 3 is 1.17 bits per heavy atom. The van der Waals surface area contributed by atoms with Crippen LogP contribution in [0.5, 0.6) is 0 Å². The number of likely N-dealkylation sites (tertiary alicyclic amines) is 2. The molecule has 0 atom stereocenters. The van der Waals surface area contributed by atoms with E-state index in [0.717, 1.165) is 26.2 Å². The summed E-state index contributed by atoms with van der Waals surface area (Å²) in [7, 11) is 0. The van der Waals surface area contributed by atoms with E-state index in [1.807, 2.05) is 9.80 Å². The van der Waals surface area contributed by atoms with Crippen LogP contribution in [0.15, 0.2) is 0 Å². The average molecular weight is 256 g/mol. The van der Waals surface area contributed by atoms with E-state index in [1.54, 1.807) is 13.8 Å². The lowest BCUT2D eigenvalue weighted by atomic mass is 10.1. The Kier molecular flexibility index (Phi) is 8.42. The lowest BCUT2D eigenvalue weighted by molar-refractivity contribution is -0.129. The van der Waals surface area contributed by atoms with Gasteiger partial charge < -0.3 is 9.80 Å². The average Bonchev–Trinajstić information content (AvgIpc) is 2.84. The summed E-state index contributed by atoms with van der Waals surface area (Å²) >= 11 is 0. The maximum absolute atomic E-state index is 10.7. The summed E-state index contributed by atoms with van der Waals surface area (Å²) in [5.41, 5.74) is 0. The summed E-state index contributed by atoms with van der Waals surface area (Å²) in [6.07, 6.45) is 6.07. The smallest absolute Gasteiger partial charge is 0.219 e. The number of hydrogen-bond donors (Lipinski definition) is 0. The standard InChI is InChI=1S/C7H13NO.C6H11NO.CH4/c1-7(9)8-5-3-2-4-6-8;1-6(8)7-4-2-3-5-7;/h2-6H2,1H3;2-5H2,1H3;1H4. The van der Waals surface area contributed by atoms with Crippen molar-refractivity contribution >= 4 is 11.8 Å². The number of hydrogen-bond acceptors (Lipinski definition) is 2. The molecule has 106 valence electrons. The Bertz CT molecular complexity index is 255. The zero-order chi connectivity index (χ0) is 12.7. The quantitative estimate of drug-likeness (QED) is 0.667. The van der Waals surface area contributed by atoms with Crippen LogP contribution in [0.1, 0.15) is 53.4 Å². The third-order valence-electron chi connectivity index (χ3n) is 3.35. The van der Waals surface area contributed by atoms with E-state index >= 15 is 0 Å². The second-order valence-electron chi connectivity index (χ2n) is 4.78. The molecule has 2 aliphatic heterocycles.